The van der Waals surface area contributed by atoms with E-state index in [0.29, 0.717) is 25.7 Å². The second-order valence-electron chi connectivity index (χ2n) is 12.7. The number of oxime groups is 1. The Morgan fingerprint density at radius 2 is 1.83 bits per heavy atom. The molecule has 10 nitrogen and oxygen atoms in total. The van der Waals surface area contributed by atoms with Gasteiger partial charge in [-0.05, 0) is 91.9 Å². The summed E-state index contributed by atoms with van der Waals surface area (Å²) in [4.78, 5) is 41.2. The first kappa shape index (κ1) is 29.4. The number of hydrogen-bond donors (Lipinski definition) is 5. The van der Waals surface area contributed by atoms with Gasteiger partial charge in [0.2, 0.25) is 0 Å². The maximum atomic E-state index is 12.6. The molecule has 222 valence electrons. The highest BCUT2D eigenvalue weighted by molar-refractivity contribution is 5.96. The SMILES string of the molecule is C[C@]12CC/C(=N/OCC(=O)NCc3ccc(C(=O)O)cc3)C=C1CC[C@@H]1[C@@H]2[C@@H](O)C[C@@]2(C)[C@H]1CC[C@]2(O)C(=O)CO. The number of carbonyl (C=O) groups excluding carboxylic acids is 2. The number of allylic oxidation sites excluding steroid dienone is 2. The number of hydrogen-bond acceptors (Lipinski definition) is 8. The van der Waals surface area contributed by atoms with Gasteiger partial charge in [-0.2, -0.15) is 0 Å². The predicted molar refractivity (Wildman–Crippen MR) is 149 cm³/mol. The maximum Gasteiger partial charge on any atom is 0.335 e. The molecular weight excluding hydrogens is 528 g/mol. The molecule has 5 N–H and O–H groups in total. The van der Waals surface area contributed by atoms with E-state index in [-0.39, 0.29) is 47.8 Å². The van der Waals surface area contributed by atoms with Crippen LogP contribution in [0, 0.1) is 28.6 Å². The van der Waals surface area contributed by atoms with Crippen molar-refractivity contribution in [2.75, 3.05) is 13.2 Å². The van der Waals surface area contributed by atoms with Crippen LogP contribution in [0.4, 0.5) is 0 Å². The fourth-order valence-corrected chi connectivity index (χ4v) is 8.56. The van der Waals surface area contributed by atoms with Crippen LogP contribution in [0.15, 0.2) is 41.1 Å². The monoisotopic (exact) mass is 568 g/mol. The van der Waals surface area contributed by atoms with Crippen molar-refractivity contribution in [3.05, 3.63) is 47.0 Å². The highest BCUT2D eigenvalue weighted by Crippen LogP contribution is 2.67. The Hall–Kier alpha value is -3.08. The van der Waals surface area contributed by atoms with Gasteiger partial charge in [-0.15, -0.1) is 0 Å². The summed E-state index contributed by atoms with van der Waals surface area (Å²) in [6.07, 6.45) is 5.81. The zero-order valence-electron chi connectivity index (χ0n) is 23.6. The van der Waals surface area contributed by atoms with Gasteiger partial charge in [0.1, 0.15) is 12.2 Å². The van der Waals surface area contributed by atoms with E-state index < -0.39 is 35.5 Å². The Balaban J connectivity index is 1.21. The zero-order chi connectivity index (χ0) is 29.6. The minimum Gasteiger partial charge on any atom is -0.478 e. The van der Waals surface area contributed by atoms with E-state index in [1.807, 2.05) is 13.0 Å². The molecule has 0 heterocycles. The third-order valence-corrected chi connectivity index (χ3v) is 10.7. The van der Waals surface area contributed by atoms with E-state index in [4.69, 9.17) is 9.94 Å². The first-order valence-corrected chi connectivity index (χ1v) is 14.5. The molecule has 0 bridgehead atoms. The normalized spacial score (nSPS) is 36.9. The van der Waals surface area contributed by atoms with Gasteiger partial charge in [0, 0.05) is 12.0 Å². The van der Waals surface area contributed by atoms with Gasteiger partial charge in [-0.25, -0.2) is 4.79 Å². The number of carbonyl (C=O) groups is 3. The van der Waals surface area contributed by atoms with E-state index in [1.165, 1.54) is 17.7 Å². The molecular formula is C31H40N2O8. The molecule has 0 radical (unpaired) electrons. The number of aromatic carboxylic acids is 1. The summed E-state index contributed by atoms with van der Waals surface area (Å²) in [5.41, 5.74) is 0.323. The summed E-state index contributed by atoms with van der Waals surface area (Å²) in [5.74, 6) is -1.61. The van der Waals surface area contributed by atoms with Crippen LogP contribution in [0.25, 0.3) is 0 Å². The lowest BCUT2D eigenvalue weighted by molar-refractivity contribution is -0.181. The number of nitrogens with one attached hydrogen (secondary N) is 1. The summed E-state index contributed by atoms with van der Waals surface area (Å²) in [5, 5.41) is 48.4. The lowest BCUT2D eigenvalue weighted by Crippen LogP contribution is -2.62. The van der Waals surface area contributed by atoms with Gasteiger partial charge in [0.15, 0.2) is 12.4 Å². The summed E-state index contributed by atoms with van der Waals surface area (Å²) in [7, 11) is 0. The van der Waals surface area contributed by atoms with Crippen LogP contribution in [-0.4, -0.2) is 68.7 Å². The van der Waals surface area contributed by atoms with E-state index in [2.05, 4.69) is 17.4 Å². The molecule has 0 aromatic heterocycles. The minimum atomic E-state index is -1.60. The second-order valence-corrected chi connectivity index (χ2v) is 12.7. The maximum absolute atomic E-state index is 12.6. The molecule has 0 aliphatic heterocycles. The quantitative estimate of drug-likeness (QED) is 0.299. The lowest BCUT2D eigenvalue weighted by Gasteiger charge is -2.60. The van der Waals surface area contributed by atoms with Gasteiger partial charge in [0.25, 0.3) is 5.91 Å². The third-order valence-electron chi connectivity index (χ3n) is 10.7. The predicted octanol–water partition coefficient (Wildman–Crippen LogP) is 2.60. The number of aliphatic hydroxyl groups excluding tert-OH is 2. The standard InChI is InChI=1S/C31H40N2O8/c1-29-11-9-21(33-41-17-26(37)32-15-18-3-5-19(6-4-18)28(38)39)13-20(29)7-8-22-23-10-12-31(40,25(36)16-34)30(23,2)14-24(35)27(22)29/h3-6,13,22-24,27,34-35,40H,7-12,14-17H2,1-2H3,(H,32,37)(H,38,39)/b33-21-/t22-,23-,24-,27+,29-,30-,31-/m0/s1. The van der Waals surface area contributed by atoms with Gasteiger partial charge >= 0.3 is 5.97 Å². The summed E-state index contributed by atoms with van der Waals surface area (Å²) < 4.78 is 0. The molecule has 0 unspecified atom stereocenters. The van der Waals surface area contributed by atoms with Crippen LogP contribution in [0.3, 0.4) is 0 Å². The van der Waals surface area contributed by atoms with Crippen molar-refractivity contribution in [3.8, 4) is 0 Å². The number of ketones is 1. The minimum absolute atomic E-state index is 0.00460. The Labute approximate surface area is 239 Å². The molecule has 4 aliphatic rings. The third kappa shape index (κ3) is 5.00. The smallest absolute Gasteiger partial charge is 0.335 e. The number of benzene rings is 1. The number of nitrogens with zero attached hydrogens (tertiary/aromatic N) is 1. The van der Waals surface area contributed by atoms with Crippen LogP contribution in [0.2, 0.25) is 0 Å². The molecule has 0 saturated heterocycles. The number of fused-ring (bicyclic) bond motifs is 5. The molecule has 7 atom stereocenters. The average Bonchev–Trinajstić information content (AvgIpc) is 3.22. The molecule has 3 saturated carbocycles. The highest BCUT2D eigenvalue weighted by atomic mass is 16.6. The van der Waals surface area contributed by atoms with Crippen LogP contribution in [-0.2, 0) is 21.0 Å². The number of aliphatic hydroxyl groups is 3. The van der Waals surface area contributed by atoms with Crippen LogP contribution in [0.1, 0.15) is 74.7 Å². The summed E-state index contributed by atoms with van der Waals surface area (Å²) >= 11 is 0. The van der Waals surface area contributed by atoms with E-state index in [9.17, 15) is 29.7 Å². The second kappa shape index (κ2) is 11.0. The fraction of sp³-hybridized carbons (Fsp3) is 0.613. The summed E-state index contributed by atoms with van der Waals surface area (Å²) in [6, 6.07) is 6.27. The number of rotatable bonds is 8. The summed E-state index contributed by atoms with van der Waals surface area (Å²) in [6.45, 7) is 3.44. The largest absolute Gasteiger partial charge is 0.478 e. The Morgan fingerprint density at radius 1 is 1.10 bits per heavy atom. The fourth-order valence-electron chi connectivity index (χ4n) is 8.56. The molecule has 41 heavy (non-hydrogen) atoms. The number of Topliss-reactive ketones (excluding diaryl/α,β-unsaturated/α-hetero) is 1. The highest BCUT2D eigenvalue weighted by Gasteiger charge is 2.68. The molecule has 3 fully saturated rings. The van der Waals surface area contributed by atoms with Crippen LogP contribution >= 0.6 is 0 Å². The number of carboxylic acid groups (broad SMARTS) is 1. The van der Waals surface area contributed by atoms with Crippen LogP contribution in [0.5, 0.6) is 0 Å². The molecule has 1 aromatic rings. The van der Waals surface area contributed by atoms with Crippen LogP contribution < -0.4 is 5.32 Å². The van der Waals surface area contributed by atoms with Gasteiger partial charge in [-0.3, -0.25) is 9.59 Å². The molecule has 0 spiro atoms. The molecule has 1 aromatic carbocycles. The van der Waals surface area contributed by atoms with Gasteiger partial charge in [0.05, 0.1) is 17.4 Å². The molecule has 5 rings (SSSR count). The molecule has 4 aliphatic carbocycles. The average molecular weight is 569 g/mol. The van der Waals surface area contributed by atoms with Crippen molar-refractivity contribution >= 4 is 23.4 Å². The van der Waals surface area contributed by atoms with Crippen molar-refractivity contribution in [1.82, 2.24) is 5.32 Å². The van der Waals surface area contributed by atoms with Crippen molar-refractivity contribution in [2.45, 2.75) is 77.0 Å². The van der Waals surface area contributed by atoms with E-state index in [1.54, 1.807) is 12.1 Å². The van der Waals surface area contributed by atoms with Crippen molar-refractivity contribution < 1.29 is 39.6 Å². The molecule has 1 amide bonds. The first-order valence-electron chi connectivity index (χ1n) is 14.5. The molecule has 10 heteroatoms. The Bertz CT molecular complexity index is 1280. The van der Waals surface area contributed by atoms with Crippen molar-refractivity contribution in [3.63, 3.8) is 0 Å². The number of carboxylic acids is 1. The number of amides is 1. The zero-order valence-corrected chi connectivity index (χ0v) is 23.6. The Kier molecular flexibility index (Phi) is 7.86. The lowest BCUT2D eigenvalue weighted by atomic mass is 9.45. The van der Waals surface area contributed by atoms with Crippen molar-refractivity contribution in [2.24, 2.45) is 33.7 Å². The van der Waals surface area contributed by atoms with E-state index in [0.717, 1.165) is 30.5 Å². The first-order chi connectivity index (χ1) is 19.4. The van der Waals surface area contributed by atoms with E-state index >= 15 is 0 Å². The van der Waals surface area contributed by atoms with Crippen molar-refractivity contribution in [1.29, 1.82) is 0 Å². The van der Waals surface area contributed by atoms with Gasteiger partial charge in [-0.1, -0.05) is 36.7 Å². The Morgan fingerprint density at radius 3 is 2.51 bits per heavy atom. The van der Waals surface area contributed by atoms with Gasteiger partial charge < -0.3 is 30.6 Å². The topological polar surface area (TPSA) is 166 Å².